The summed E-state index contributed by atoms with van der Waals surface area (Å²) in [6, 6.07) is 0. The van der Waals surface area contributed by atoms with Gasteiger partial charge in [0, 0.05) is 39.5 Å². The van der Waals surface area contributed by atoms with E-state index in [-0.39, 0.29) is 24.0 Å². The molecule has 0 bridgehead atoms. The number of nitrogens with one attached hydrogen (secondary N) is 2. The molecule has 1 aromatic heterocycles. The van der Waals surface area contributed by atoms with Crippen LogP contribution in [0.1, 0.15) is 18.9 Å². The zero-order chi connectivity index (χ0) is 13.9. The number of aromatic nitrogens is 2. The molecule has 1 heterocycles. The number of halogens is 1. The Morgan fingerprint density at radius 3 is 2.75 bits per heavy atom. The Morgan fingerprint density at radius 2 is 2.15 bits per heavy atom. The van der Waals surface area contributed by atoms with Gasteiger partial charge in [-0.2, -0.15) is 5.10 Å². The van der Waals surface area contributed by atoms with Gasteiger partial charge in [-0.1, -0.05) is 0 Å². The molecule has 0 aromatic carbocycles. The van der Waals surface area contributed by atoms with Crippen molar-refractivity contribution in [1.29, 1.82) is 0 Å². The summed E-state index contributed by atoms with van der Waals surface area (Å²) >= 11 is 0. The average Bonchev–Trinajstić information content (AvgIpc) is 2.82. The highest BCUT2D eigenvalue weighted by Gasteiger charge is 1.98. The van der Waals surface area contributed by atoms with Crippen molar-refractivity contribution >= 4 is 29.9 Å². The lowest BCUT2D eigenvalue weighted by Crippen LogP contribution is -2.39. The molecular weight excluding hydrogens is 369 g/mol. The van der Waals surface area contributed by atoms with Gasteiger partial charge in [-0.3, -0.25) is 9.67 Å². The summed E-state index contributed by atoms with van der Waals surface area (Å²) in [5.74, 6) is 0.820. The third-order valence-corrected chi connectivity index (χ3v) is 2.58. The molecule has 0 amide bonds. The van der Waals surface area contributed by atoms with Gasteiger partial charge in [-0.25, -0.2) is 0 Å². The van der Waals surface area contributed by atoms with E-state index >= 15 is 0 Å². The fraction of sp³-hybridized carbons (Fsp3) is 0.692. The van der Waals surface area contributed by atoms with Crippen molar-refractivity contribution in [1.82, 2.24) is 20.4 Å². The number of nitrogens with zero attached hydrogens (tertiary/aromatic N) is 3. The van der Waals surface area contributed by atoms with Crippen molar-refractivity contribution in [2.45, 2.75) is 26.8 Å². The zero-order valence-corrected chi connectivity index (χ0v) is 14.9. The summed E-state index contributed by atoms with van der Waals surface area (Å²) < 4.78 is 7.20. The third-order valence-electron chi connectivity index (χ3n) is 2.58. The minimum atomic E-state index is 0. The van der Waals surface area contributed by atoms with Crippen LogP contribution in [-0.4, -0.2) is 49.1 Å². The number of hydrogen-bond donors (Lipinski definition) is 2. The molecule has 1 aromatic rings. The van der Waals surface area contributed by atoms with Crippen LogP contribution in [0.2, 0.25) is 0 Å². The molecule has 0 atom stereocenters. The Kier molecular flexibility index (Phi) is 11.5. The van der Waals surface area contributed by atoms with E-state index in [9.17, 15) is 0 Å². The van der Waals surface area contributed by atoms with Gasteiger partial charge < -0.3 is 15.4 Å². The van der Waals surface area contributed by atoms with Crippen molar-refractivity contribution in [3.05, 3.63) is 18.0 Å². The molecule has 0 saturated carbocycles. The van der Waals surface area contributed by atoms with Crippen molar-refractivity contribution < 1.29 is 4.74 Å². The quantitative estimate of drug-likeness (QED) is 0.302. The fourth-order valence-electron chi connectivity index (χ4n) is 1.62. The predicted molar refractivity (Wildman–Crippen MR) is 92.9 cm³/mol. The summed E-state index contributed by atoms with van der Waals surface area (Å²) in [5, 5.41) is 10.7. The second-order valence-electron chi connectivity index (χ2n) is 4.26. The van der Waals surface area contributed by atoms with E-state index in [1.807, 2.05) is 30.9 Å². The van der Waals surface area contributed by atoms with Gasteiger partial charge >= 0.3 is 0 Å². The van der Waals surface area contributed by atoms with E-state index in [1.165, 1.54) is 5.56 Å². The van der Waals surface area contributed by atoms with Crippen molar-refractivity contribution in [2.75, 3.05) is 33.4 Å². The van der Waals surface area contributed by atoms with Crippen LogP contribution < -0.4 is 10.6 Å². The maximum atomic E-state index is 5.28. The molecule has 0 aliphatic rings. The molecule has 0 spiro atoms. The Labute approximate surface area is 138 Å². The Bertz CT molecular complexity index is 381. The summed E-state index contributed by atoms with van der Waals surface area (Å²) in [7, 11) is 1.77. The van der Waals surface area contributed by atoms with Crippen LogP contribution in [0.25, 0.3) is 0 Å². The van der Waals surface area contributed by atoms with E-state index in [4.69, 9.17) is 4.74 Å². The van der Waals surface area contributed by atoms with Crippen molar-refractivity contribution in [3.8, 4) is 0 Å². The molecule has 7 heteroatoms. The number of rotatable bonds is 8. The first-order valence-corrected chi connectivity index (χ1v) is 6.77. The monoisotopic (exact) mass is 395 g/mol. The largest absolute Gasteiger partial charge is 0.382 e. The molecule has 0 unspecified atom stereocenters. The van der Waals surface area contributed by atoms with E-state index in [0.717, 1.165) is 45.2 Å². The second-order valence-corrected chi connectivity index (χ2v) is 4.26. The molecule has 0 fully saturated rings. The number of guanidine groups is 1. The molecule has 6 nitrogen and oxygen atoms in total. The van der Waals surface area contributed by atoms with Gasteiger partial charge in [0.2, 0.25) is 0 Å². The van der Waals surface area contributed by atoms with E-state index in [2.05, 4.69) is 20.7 Å². The lowest BCUT2D eigenvalue weighted by molar-refractivity contribution is 0.145. The van der Waals surface area contributed by atoms with Gasteiger partial charge in [0.15, 0.2) is 5.96 Å². The first-order chi connectivity index (χ1) is 9.26. The summed E-state index contributed by atoms with van der Waals surface area (Å²) in [5.41, 5.74) is 1.18. The Balaban J connectivity index is 0.00000361. The Hall–Kier alpha value is -0.830. The Morgan fingerprint density at radius 1 is 1.40 bits per heavy atom. The minimum absolute atomic E-state index is 0. The number of ether oxygens (including phenoxy) is 1. The zero-order valence-electron chi connectivity index (χ0n) is 12.6. The SMILES string of the molecule is CCOCCCNC(=NC)NCCn1cc(C)cn1.I. The number of hydrogen-bond acceptors (Lipinski definition) is 3. The maximum Gasteiger partial charge on any atom is 0.191 e. The molecule has 2 N–H and O–H groups in total. The standard InChI is InChI=1S/C13H25N5O.HI/c1-4-19-9-5-6-15-13(14-3)16-7-8-18-11-12(2)10-17-18;/h10-11H,4-9H2,1-3H3,(H2,14,15,16);1H. The van der Waals surface area contributed by atoms with Gasteiger partial charge in [0.25, 0.3) is 0 Å². The van der Waals surface area contributed by atoms with Gasteiger partial charge in [-0.05, 0) is 25.8 Å². The molecule has 116 valence electrons. The smallest absolute Gasteiger partial charge is 0.191 e. The summed E-state index contributed by atoms with van der Waals surface area (Å²) in [6.07, 6.45) is 4.87. The third kappa shape index (κ3) is 8.36. The molecule has 0 aliphatic carbocycles. The van der Waals surface area contributed by atoms with Crippen LogP contribution in [0.5, 0.6) is 0 Å². The predicted octanol–water partition coefficient (Wildman–Crippen LogP) is 1.40. The number of aliphatic imine (C=N–C) groups is 1. The minimum Gasteiger partial charge on any atom is -0.382 e. The van der Waals surface area contributed by atoms with Crippen LogP contribution in [0.3, 0.4) is 0 Å². The lowest BCUT2D eigenvalue weighted by Gasteiger charge is -2.11. The van der Waals surface area contributed by atoms with Gasteiger partial charge in [-0.15, -0.1) is 24.0 Å². The average molecular weight is 395 g/mol. The van der Waals surface area contributed by atoms with E-state index in [0.29, 0.717) is 0 Å². The molecule has 0 saturated heterocycles. The van der Waals surface area contributed by atoms with Crippen LogP contribution in [0.15, 0.2) is 17.4 Å². The second kappa shape index (κ2) is 12.0. The molecule has 0 radical (unpaired) electrons. The van der Waals surface area contributed by atoms with Crippen LogP contribution >= 0.6 is 24.0 Å². The van der Waals surface area contributed by atoms with E-state index in [1.54, 1.807) is 7.05 Å². The lowest BCUT2D eigenvalue weighted by atomic mass is 10.4. The molecular formula is C13H26IN5O. The first kappa shape index (κ1) is 19.2. The highest BCUT2D eigenvalue weighted by molar-refractivity contribution is 14.0. The first-order valence-electron chi connectivity index (χ1n) is 6.77. The summed E-state index contributed by atoms with van der Waals surface area (Å²) in [6.45, 7) is 8.09. The van der Waals surface area contributed by atoms with Crippen LogP contribution in [0, 0.1) is 6.92 Å². The summed E-state index contributed by atoms with van der Waals surface area (Å²) in [4.78, 5) is 4.17. The van der Waals surface area contributed by atoms with Crippen LogP contribution in [0.4, 0.5) is 0 Å². The van der Waals surface area contributed by atoms with Crippen molar-refractivity contribution in [2.24, 2.45) is 4.99 Å². The topological polar surface area (TPSA) is 63.5 Å². The van der Waals surface area contributed by atoms with E-state index < -0.39 is 0 Å². The van der Waals surface area contributed by atoms with Crippen LogP contribution in [-0.2, 0) is 11.3 Å². The fourth-order valence-corrected chi connectivity index (χ4v) is 1.62. The molecule has 20 heavy (non-hydrogen) atoms. The number of aryl methyl sites for hydroxylation is 1. The highest BCUT2D eigenvalue weighted by atomic mass is 127. The highest BCUT2D eigenvalue weighted by Crippen LogP contribution is 1.92. The molecule has 1 rings (SSSR count). The maximum absolute atomic E-state index is 5.28. The molecule has 0 aliphatic heterocycles. The van der Waals surface area contributed by atoms with Crippen molar-refractivity contribution in [3.63, 3.8) is 0 Å². The van der Waals surface area contributed by atoms with Gasteiger partial charge in [0.1, 0.15) is 0 Å². The normalized spacial score (nSPS) is 11.1. The van der Waals surface area contributed by atoms with Gasteiger partial charge in [0.05, 0.1) is 12.7 Å².